The molecule has 1 aromatic carbocycles. The monoisotopic (exact) mass is 402 g/mol. The predicted molar refractivity (Wildman–Crippen MR) is 98.1 cm³/mol. The zero-order chi connectivity index (χ0) is 14.8. The lowest BCUT2D eigenvalue weighted by Gasteiger charge is -2.19. The fourth-order valence-electron chi connectivity index (χ4n) is 2.54. The maximum Gasteiger partial charge on any atom is 0.0398 e. The molecule has 0 aliphatic carbocycles. The van der Waals surface area contributed by atoms with E-state index >= 15 is 0 Å². The van der Waals surface area contributed by atoms with Crippen molar-refractivity contribution < 1.29 is 0 Å². The lowest BCUT2D eigenvalue weighted by Crippen LogP contribution is -2.00. The molecule has 0 bridgehead atoms. The van der Waals surface area contributed by atoms with Crippen molar-refractivity contribution in [3.05, 3.63) is 35.4 Å². The van der Waals surface area contributed by atoms with Gasteiger partial charge in [-0.15, -0.1) is 0 Å². The molecule has 20 heavy (non-hydrogen) atoms. The van der Waals surface area contributed by atoms with Crippen LogP contribution in [0.5, 0.6) is 0 Å². The first-order valence-electron chi connectivity index (χ1n) is 8.07. The third-order valence-corrected chi connectivity index (χ3v) is 5.70. The van der Waals surface area contributed by atoms with Gasteiger partial charge in [0.2, 0.25) is 0 Å². The molecule has 0 N–H and O–H groups in total. The lowest BCUT2D eigenvalue weighted by molar-refractivity contribution is 0.647. The molecule has 2 unspecified atom stereocenters. The lowest BCUT2D eigenvalue weighted by atomic mass is 9.96. The highest BCUT2D eigenvalue weighted by Crippen LogP contribution is 2.38. The zero-order valence-electron chi connectivity index (χ0n) is 12.9. The molecule has 0 spiro atoms. The van der Waals surface area contributed by atoms with Crippen LogP contribution in [0.4, 0.5) is 0 Å². The van der Waals surface area contributed by atoms with E-state index in [1.165, 1.54) is 62.5 Å². The normalized spacial score (nSPS) is 14.2. The second kappa shape index (κ2) is 10.8. The van der Waals surface area contributed by atoms with Crippen molar-refractivity contribution in [3.63, 3.8) is 0 Å². The van der Waals surface area contributed by atoms with Crippen molar-refractivity contribution in [1.82, 2.24) is 0 Å². The second-order valence-corrected chi connectivity index (χ2v) is 7.77. The van der Waals surface area contributed by atoms with Gasteiger partial charge in [0.15, 0.2) is 0 Å². The molecule has 0 aliphatic rings. The number of hydrogen-bond acceptors (Lipinski definition) is 0. The number of alkyl halides is 2. The molecule has 1 rings (SSSR count). The van der Waals surface area contributed by atoms with Crippen molar-refractivity contribution in [2.75, 3.05) is 0 Å². The number of unbranched alkanes of at least 4 members (excludes halogenated alkanes) is 4. The summed E-state index contributed by atoms with van der Waals surface area (Å²) in [6.07, 6.45) is 10.3. The van der Waals surface area contributed by atoms with Crippen LogP contribution < -0.4 is 0 Å². The maximum absolute atomic E-state index is 3.90. The standard InChI is InChI=1S/C18H28Br2/c1-3-5-7-13-17(19)15-11-9-10-12-16(15)18(20)14-8-6-4-2/h9-12,17-18H,3-8,13-14H2,1-2H3. The van der Waals surface area contributed by atoms with Crippen LogP contribution in [-0.4, -0.2) is 0 Å². The van der Waals surface area contributed by atoms with Crippen molar-refractivity contribution in [2.45, 2.75) is 74.9 Å². The van der Waals surface area contributed by atoms with Crippen molar-refractivity contribution >= 4 is 31.9 Å². The van der Waals surface area contributed by atoms with E-state index in [0.717, 1.165) is 0 Å². The smallest absolute Gasteiger partial charge is 0.0398 e. The minimum Gasteiger partial charge on any atom is -0.0839 e. The first kappa shape index (κ1) is 18.2. The first-order valence-corrected chi connectivity index (χ1v) is 9.90. The molecule has 0 saturated heterocycles. The molecule has 2 heteroatoms. The van der Waals surface area contributed by atoms with Crippen LogP contribution in [0.1, 0.15) is 86.0 Å². The van der Waals surface area contributed by atoms with E-state index in [2.05, 4.69) is 70.0 Å². The molecule has 0 radical (unpaired) electrons. The molecule has 0 nitrogen and oxygen atoms in total. The van der Waals surface area contributed by atoms with Gasteiger partial charge in [-0.3, -0.25) is 0 Å². The highest BCUT2D eigenvalue weighted by Gasteiger charge is 2.16. The fraction of sp³-hybridized carbons (Fsp3) is 0.667. The van der Waals surface area contributed by atoms with E-state index in [4.69, 9.17) is 0 Å². The minimum atomic E-state index is 0.497. The van der Waals surface area contributed by atoms with Gasteiger partial charge in [-0.25, -0.2) is 0 Å². The van der Waals surface area contributed by atoms with E-state index in [9.17, 15) is 0 Å². The highest BCUT2D eigenvalue weighted by atomic mass is 79.9. The van der Waals surface area contributed by atoms with Crippen molar-refractivity contribution in [1.29, 1.82) is 0 Å². The molecular formula is C18H28Br2. The van der Waals surface area contributed by atoms with Gasteiger partial charge in [0, 0.05) is 9.65 Å². The summed E-state index contributed by atoms with van der Waals surface area (Å²) in [6, 6.07) is 8.90. The third kappa shape index (κ3) is 6.30. The largest absolute Gasteiger partial charge is 0.0839 e. The molecule has 0 heterocycles. The first-order chi connectivity index (χ1) is 9.70. The average molecular weight is 404 g/mol. The Morgan fingerprint density at radius 2 is 1.15 bits per heavy atom. The molecule has 0 aromatic heterocycles. The van der Waals surface area contributed by atoms with Gasteiger partial charge in [-0.2, -0.15) is 0 Å². The summed E-state index contributed by atoms with van der Waals surface area (Å²) < 4.78 is 0. The Kier molecular flexibility index (Phi) is 9.88. The van der Waals surface area contributed by atoms with Crippen LogP contribution in [0.15, 0.2) is 24.3 Å². The summed E-state index contributed by atoms with van der Waals surface area (Å²) >= 11 is 7.79. The Morgan fingerprint density at radius 3 is 1.50 bits per heavy atom. The van der Waals surface area contributed by atoms with Gasteiger partial charge in [0.25, 0.3) is 0 Å². The van der Waals surface area contributed by atoms with Gasteiger partial charge in [0.1, 0.15) is 0 Å². The van der Waals surface area contributed by atoms with Crippen LogP contribution in [-0.2, 0) is 0 Å². The minimum absolute atomic E-state index is 0.497. The average Bonchev–Trinajstić information content (AvgIpc) is 2.47. The quantitative estimate of drug-likeness (QED) is 0.277. The van der Waals surface area contributed by atoms with Gasteiger partial charge in [0.05, 0.1) is 0 Å². The molecule has 2 atom stereocenters. The predicted octanol–water partition coefficient (Wildman–Crippen LogP) is 7.72. The van der Waals surface area contributed by atoms with Crippen LogP contribution >= 0.6 is 31.9 Å². The van der Waals surface area contributed by atoms with E-state index in [0.29, 0.717) is 9.65 Å². The SMILES string of the molecule is CCCCCC(Br)c1ccccc1C(Br)CCCCC. The number of benzene rings is 1. The molecule has 0 amide bonds. The third-order valence-electron chi connectivity index (χ3n) is 3.79. The summed E-state index contributed by atoms with van der Waals surface area (Å²) in [4.78, 5) is 0.993. The molecule has 114 valence electrons. The van der Waals surface area contributed by atoms with E-state index < -0.39 is 0 Å². The summed E-state index contributed by atoms with van der Waals surface area (Å²) in [5.74, 6) is 0. The van der Waals surface area contributed by atoms with Crippen LogP contribution in [0.3, 0.4) is 0 Å². The summed E-state index contributed by atoms with van der Waals surface area (Å²) in [6.45, 7) is 4.53. The summed E-state index contributed by atoms with van der Waals surface area (Å²) in [5, 5.41) is 0. The van der Waals surface area contributed by atoms with Gasteiger partial charge < -0.3 is 0 Å². The molecular weight excluding hydrogens is 376 g/mol. The van der Waals surface area contributed by atoms with Crippen LogP contribution in [0, 0.1) is 0 Å². The fourth-order valence-corrected chi connectivity index (χ4v) is 4.02. The number of rotatable bonds is 10. The maximum atomic E-state index is 3.90. The number of halogens is 2. The second-order valence-electron chi connectivity index (χ2n) is 5.56. The summed E-state index contributed by atoms with van der Waals surface area (Å²) in [7, 11) is 0. The van der Waals surface area contributed by atoms with Gasteiger partial charge in [-0.05, 0) is 24.0 Å². The topological polar surface area (TPSA) is 0 Å². The Hall–Kier alpha value is 0.180. The van der Waals surface area contributed by atoms with E-state index in [1.807, 2.05) is 0 Å². The highest BCUT2D eigenvalue weighted by molar-refractivity contribution is 9.09. The van der Waals surface area contributed by atoms with Crippen molar-refractivity contribution in [3.8, 4) is 0 Å². The molecule has 1 aromatic rings. The van der Waals surface area contributed by atoms with E-state index in [-0.39, 0.29) is 0 Å². The Bertz CT molecular complexity index is 327. The van der Waals surface area contributed by atoms with Gasteiger partial charge in [-0.1, -0.05) is 108 Å². The van der Waals surface area contributed by atoms with Gasteiger partial charge >= 0.3 is 0 Å². The summed E-state index contributed by atoms with van der Waals surface area (Å²) in [5.41, 5.74) is 2.95. The van der Waals surface area contributed by atoms with Crippen LogP contribution in [0.25, 0.3) is 0 Å². The molecule has 0 aliphatic heterocycles. The Labute approximate surface area is 142 Å². The Balaban J connectivity index is 2.66. The number of hydrogen-bond donors (Lipinski definition) is 0. The zero-order valence-corrected chi connectivity index (χ0v) is 16.0. The van der Waals surface area contributed by atoms with Crippen LogP contribution in [0.2, 0.25) is 0 Å². The van der Waals surface area contributed by atoms with E-state index in [1.54, 1.807) is 0 Å². The Morgan fingerprint density at radius 1 is 0.750 bits per heavy atom. The molecule has 0 saturated carbocycles. The van der Waals surface area contributed by atoms with Crippen molar-refractivity contribution in [2.24, 2.45) is 0 Å². The molecule has 0 fully saturated rings.